The molecule has 4 N–H and O–H groups in total. The third-order valence-corrected chi connectivity index (χ3v) is 5.00. The lowest BCUT2D eigenvalue weighted by atomic mass is 10.0. The average molecular weight is 332 g/mol. The van der Waals surface area contributed by atoms with Crippen LogP contribution < -0.4 is 16.2 Å². The number of hydrogen-bond acceptors (Lipinski definition) is 5. The molecule has 0 spiro atoms. The first-order valence-corrected chi connectivity index (χ1v) is 8.19. The monoisotopic (exact) mass is 331 g/mol. The zero-order valence-corrected chi connectivity index (χ0v) is 13.2. The first-order chi connectivity index (χ1) is 10.6. The lowest BCUT2D eigenvalue weighted by Crippen LogP contribution is -2.24. The second-order valence-corrected chi connectivity index (χ2v) is 6.83. The van der Waals surface area contributed by atoms with Gasteiger partial charge < -0.3 is 16.2 Å². The summed E-state index contributed by atoms with van der Waals surface area (Å²) < 4.78 is 6.85. The molecule has 6 heteroatoms. The molecule has 2 heterocycles. The number of aromatic nitrogens is 1. The molecule has 22 heavy (non-hydrogen) atoms. The maximum Gasteiger partial charge on any atom is 0.181 e. The Morgan fingerprint density at radius 1 is 1.27 bits per heavy atom. The number of fused-ring (bicyclic) bond motifs is 2. The molecular weight excluding hydrogens is 318 g/mol. The van der Waals surface area contributed by atoms with Gasteiger partial charge >= 0.3 is 0 Å². The van der Waals surface area contributed by atoms with Crippen molar-refractivity contribution in [1.29, 1.82) is 0 Å². The molecule has 4 rings (SSSR count). The minimum atomic E-state index is 0.0172. The second-order valence-electron chi connectivity index (χ2n) is 5.36. The van der Waals surface area contributed by atoms with Crippen LogP contribution in [0.3, 0.4) is 0 Å². The van der Waals surface area contributed by atoms with Crippen LogP contribution in [0.2, 0.25) is 5.02 Å². The summed E-state index contributed by atoms with van der Waals surface area (Å²) in [6, 6.07) is 10.2. The van der Waals surface area contributed by atoms with Crippen molar-refractivity contribution >= 4 is 38.3 Å². The smallest absolute Gasteiger partial charge is 0.181 e. The molecule has 4 nitrogen and oxygen atoms in total. The largest absolute Gasteiger partial charge is 0.487 e. The molecule has 1 aliphatic rings. The lowest BCUT2D eigenvalue weighted by Gasteiger charge is -2.08. The van der Waals surface area contributed by atoms with Crippen LogP contribution >= 0.6 is 22.9 Å². The fraction of sp³-hybridized carbons (Fsp3) is 0.188. The summed E-state index contributed by atoms with van der Waals surface area (Å²) in [6.45, 7) is 0.490. The number of nitrogens with two attached hydrogens (primary N) is 2. The third kappa shape index (κ3) is 2.22. The summed E-state index contributed by atoms with van der Waals surface area (Å²) in [5.41, 5.74) is 15.6. The molecule has 0 aliphatic carbocycles. The number of hydrogen-bond donors (Lipinski definition) is 2. The van der Waals surface area contributed by atoms with Gasteiger partial charge in [-0.3, -0.25) is 0 Å². The normalized spacial score (nSPS) is 16.7. The Hall–Kier alpha value is -1.82. The minimum Gasteiger partial charge on any atom is -0.487 e. The molecule has 0 radical (unpaired) electrons. The number of thiazole rings is 1. The van der Waals surface area contributed by atoms with Crippen molar-refractivity contribution in [2.45, 2.75) is 12.5 Å². The van der Waals surface area contributed by atoms with E-state index in [1.54, 1.807) is 0 Å². The maximum atomic E-state index is 6.37. The Bertz CT molecular complexity index is 877. The van der Waals surface area contributed by atoms with Crippen molar-refractivity contribution in [3.63, 3.8) is 0 Å². The van der Waals surface area contributed by atoms with Crippen LogP contribution in [-0.4, -0.2) is 17.6 Å². The van der Waals surface area contributed by atoms with Gasteiger partial charge in [-0.25, -0.2) is 4.98 Å². The highest BCUT2D eigenvalue weighted by molar-refractivity contribution is 7.22. The highest BCUT2D eigenvalue weighted by Gasteiger charge is 2.25. The molecule has 1 aromatic heterocycles. The predicted molar refractivity (Wildman–Crippen MR) is 91.7 cm³/mol. The van der Waals surface area contributed by atoms with Gasteiger partial charge in [-0.1, -0.05) is 29.0 Å². The van der Waals surface area contributed by atoms with Crippen molar-refractivity contribution in [2.24, 2.45) is 5.73 Å². The Morgan fingerprint density at radius 2 is 2.14 bits per heavy atom. The SMILES string of the molecule is NCC1Cc2cc(-c3ccc4sc(N)nc4c3)cc(Cl)c2O1. The Labute approximate surface area is 136 Å². The van der Waals surface area contributed by atoms with Crippen molar-refractivity contribution in [3.8, 4) is 16.9 Å². The van der Waals surface area contributed by atoms with Gasteiger partial charge in [0, 0.05) is 18.5 Å². The molecule has 3 aromatic rings. The fourth-order valence-corrected chi connectivity index (χ4v) is 3.81. The van der Waals surface area contributed by atoms with Crippen LogP contribution in [0.25, 0.3) is 21.3 Å². The molecule has 0 fully saturated rings. The molecule has 0 saturated heterocycles. The zero-order chi connectivity index (χ0) is 15.3. The summed E-state index contributed by atoms with van der Waals surface area (Å²) in [4.78, 5) is 4.34. The van der Waals surface area contributed by atoms with Gasteiger partial charge in [0.05, 0.1) is 15.2 Å². The molecule has 1 aliphatic heterocycles. The Kier molecular flexibility index (Phi) is 3.22. The molecule has 1 unspecified atom stereocenters. The van der Waals surface area contributed by atoms with Crippen LogP contribution in [0.1, 0.15) is 5.56 Å². The molecule has 0 amide bonds. The zero-order valence-electron chi connectivity index (χ0n) is 11.7. The number of halogens is 1. The summed E-state index contributed by atoms with van der Waals surface area (Å²) in [5, 5.41) is 1.21. The van der Waals surface area contributed by atoms with Crippen molar-refractivity contribution in [3.05, 3.63) is 40.9 Å². The number of benzene rings is 2. The predicted octanol–water partition coefficient (Wildman–Crippen LogP) is 3.46. The van der Waals surface area contributed by atoms with Crippen LogP contribution in [0.5, 0.6) is 5.75 Å². The van der Waals surface area contributed by atoms with E-state index in [4.69, 9.17) is 27.8 Å². The number of ether oxygens (including phenoxy) is 1. The number of anilines is 1. The van der Waals surface area contributed by atoms with Gasteiger partial charge in [-0.15, -0.1) is 0 Å². The second kappa shape index (κ2) is 5.12. The van der Waals surface area contributed by atoms with E-state index in [1.807, 2.05) is 18.2 Å². The van der Waals surface area contributed by atoms with Crippen molar-refractivity contribution in [2.75, 3.05) is 12.3 Å². The molecular formula is C16H14ClN3OS. The van der Waals surface area contributed by atoms with Gasteiger partial charge in [-0.2, -0.15) is 0 Å². The van der Waals surface area contributed by atoms with E-state index in [0.29, 0.717) is 16.7 Å². The number of nitrogens with zero attached hydrogens (tertiary/aromatic N) is 1. The van der Waals surface area contributed by atoms with Gasteiger partial charge in [0.25, 0.3) is 0 Å². The van der Waals surface area contributed by atoms with Gasteiger partial charge in [0.15, 0.2) is 5.13 Å². The van der Waals surface area contributed by atoms with E-state index in [9.17, 15) is 0 Å². The number of nitrogen functional groups attached to an aromatic ring is 1. The van der Waals surface area contributed by atoms with Gasteiger partial charge in [0.2, 0.25) is 0 Å². The third-order valence-electron chi connectivity index (χ3n) is 3.85. The summed E-state index contributed by atoms with van der Waals surface area (Å²) in [5.74, 6) is 0.764. The fourth-order valence-electron chi connectivity index (χ4n) is 2.81. The molecule has 0 saturated carbocycles. The van der Waals surface area contributed by atoms with Crippen molar-refractivity contribution in [1.82, 2.24) is 4.98 Å². The standard InChI is InChI=1S/C16H14ClN3OS/c17-12-5-9(3-10-4-11(7-18)21-15(10)12)8-1-2-14-13(6-8)20-16(19)22-14/h1-3,5-6,11H,4,7,18H2,(H2,19,20). The molecule has 2 aromatic carbocycles. The average Bonchev–Trinajstić information content (AvgIpc) is 3.08. The summed E-state index contributed by atoms with van der Waals surface area (Å²) in [7, 11) is 0. The van der Waals surface area contributed by atoms with Gasteiger partial charge in [-0.05, 0) is 35.4 Å². The Balaban J connectivity index is 1.80. The van der Waals surface area contributed by atoms with Crippen LogP contribution in [0, 0.1) is 0 Å². The quantitative estimate of drug-likeness (QED) is 0.754. The van der Waals surface area contributed by atoms with Gasteiger partial charge in [0.1, 0.15) is 11.9 Å². The molecule has 1 atom stereocenters. The van der Waals surface area contributed by atoms with E-state index in [2.05, 4.69) is 17.1 Å². The first kappa shape index (κ1) is 13.8. The molecule has 0 bridgehead atoms. The van der Waals surface area contributed by atoms with E-state index < -0.39 is 0 Å². The van der Waals surface area contributed by atoms with E-state index >= 15 is 0 Å². The minimum absolute atomic E-state index is 0.0172. The highest BCUT2D eigenvalue weighted by atomic mass is 35.5. The first-order valence-electron chi connectivity index (χ1n) is 6.99. The van der Waals surface area contributed by atoms with Crippen LogP contribution in [0.15, 0.2) is 30.3 Å². The van der Waals surface area contributed by atoms with Crippen LogP contribution in [0.4, 0.5) is 5.13 Å². The van der Waals surface area contributed by atoms with E-state index in [0.717, 1.165) is 39.1 Å². The van der Waals surface area contributed by atoms with Crippen molar-refractivity contribution < 1.29 is 4.74 Å². The number of rotatable bonds is 2. The summed E-state index contributed by atoms with van der Waals surface area (Å²) in [6.07, 6.45) is 0.814. The molecule has 112 valence electrons. The van der Waals surface area contributed by atoms with Crippen LogP contribution in [-0.2, 0) is 6.42 Å². The Morgan fingerprint density at radius 3 is 2.95 bits per heavy atom. The van der Waals surface area contributed by atoms with E-state index in [1.165, 1.54) is 11.3 Å². The van der Waals surface area contributed by atoms with E-state index in [-0.39, 0.29) is 6.10 Å². The highest BCUT2D eigenvalue weighted by Crippen LogP contribution is 2.40. The summed E-state index contributed by atoms with van der Waals surface area (Å²) >= 11 is 7.86. The topological polar surface area (TPSA) is 74.2 Å². The maximum absolute atomic E-state index is 6.37. The lowest BCUT2D eigenvalue weighted by molar-refractivity contribution is 0.241.